The van der Waals surface area contributed by atoms with Gasteiger partial charge in [0.1, 0.15) is 0 Å². The lowest BCUT2D eigenvalue weighted by Crippen LogP contribution is -2.13. The minimum Gasteiger partial charge on any atom is -0.606 e. The minimum absolute atomic E-state index is 0.164. The Bertz CT molecular complexity index is 380. The molecule has 0 spiro atoms. The molecule has 1 aromatic rings. The molecule has 1 radical (unpaired) electrons. The van der Waals surface area contributed by atoms with Crippen molar-refractivity contribution in [2.45, 2.75) is 0 Å². The average molecular weight is 242 g/mol. The van der Waals surface area contributed by atoms with E-state index < -0.39 is 26.6 Å². The molecule has 0 bridgehead atoms. The maximum atomic E-state index is 11.4. The topological polar surface area (TPSA) is 52.6 Å². The Kier molecular flexibility index (Phi) is 4.63. The molecule has 0 unspecified atom stereocenters. The fourth-order valence-electron chi connectivity index (χ4n) is 1.05. The van der Waals surface area contributed by atoms with E-state index in [0.29, 0.717) is 0 Å². The molecule has 0 aliphatic heterocycles. The van der Waals surface area contributed by atoms with Gasteiger partial charge < -0.3 is 8.53 Å². The van der Waals surface area contributed by atoms with Gasteiger partial charge in [-0.25, -0.2) is 19.6 Å². The van der Waals surface area contributed by atoms with E-state index in [1.165, 1.54) is 19.2 Å². The average Bonchev–Trinajstić information content (AvgIpc) is 2.28. The molecule has 0 amide bonds. The van der Waals surface area contributed by atoms with E-state index in [0.717, 1.165) is 0 Å². The van der Waals surface area contributed by atoms with Crippen LogP contribution in [-0.4, -0.2) is 33.7 Å². The minimum atomic E-state index is -0.914. The van der Waals surface area contributed by atoms with Gasteiger partial charge in [-0.15, -0.1) is 0 Å². The third kappa shape index (κ3) is 2.96. The van der Waals surface area contributed by atoms with Gasteiger partial charge in [-0.1, -0.05) is 12.1 Å². The monoisotopic (exact) mass is 241 g/mol. The Labute approximate surface area is 97.4 Å². The number of rotatable bonds is 3. The number of carbonyl (C=O) groups is 2. The van der Waals surface area contributed by atoms with Crippen molar-refractivity contribution in [3.05, 3.63) is 35.4 Å². The number of benzene rings is 1. The first-order valence-corrected chi connectivity index (χ1v) is 6.22. The smallest absolute Gasteiger partial charge is 0.606 e. The normalized spacial score (nSPS) is 9.20. The van der Waals surface area contributed by atoms with Crippen molar-refractivity contribution in [1.82, 2.24) is 0 Å². The largest absolute Gasteiger partial charge is 0.675 e. The van der Waals surface area contributed by atoms with Gasteiger partial charge in [-0.05, 0) is 12.1 Å². The van der Waals surface area contributed by atoms with E-state index in [1.807, 2.05) is 0 Å². The van der Waals surface area contributed by atoms with Crippen molar-refractivity contribution in [2.24, 2.45) is 0 Å². The van der Waals surface area contributed by atoms with Crippen LogP contribution in [0.2, 0.25) is 0 Å². The van der Waals surface area contributed by atoms with Crippen molar-refractivity contribution in [3.63, 3.8) is 0 Å². The van der Waals surface area contributed by atoms with Gasteiger partial charge in [0.05, 0.1) is 18.2 Å². The molecule has 0 N–H and O–H groups in total. The van der Waals surface area contributed by atoms with Crippen LogP contribution in [0.25, 0.3) is 0 Å². The quantitative estimate of drug-likeness (QED) is 0.593. The van der Waals surface area contributed by atoms with Crippen LogP contribution in [0.3, 0.4) is 0 Å². The number of carbonyl (C=O) groups excluding carboxylic acids is 2. The highest BCUT2D eigenvalue weighted by Crippen LogP contribution is 2.11. The Hall–Kier alpha value is -1.02. The molecule has 77 valence electrons. The molecule has 0 heterocycles. The van der Waals surface area contributed by atoms with Crippen molar-refractivity contribution in [3.8, 4) is 0 Å². The predicted octanol–water partition coefficient (Wildman–Crippen LogP) is 1.40. The number of methoxy groups -OCH3 is 1. The second-order valence-electron chi connectivity index (χ2n) is 2.53. The van der Waals surface area contributed by atoms with Crippen LogP contribution in [0.15, 0.2) is 24.3 Å². The molecule has 1 rings (SSSR count). The third-order valence-electron chi connectivity index (χ3n) is 1.70. The lowest BCUT2D eigenvalue weighted by molar-refractivity contribution is 0.0588. The zero-order valence-electron chi connectivity index (χ0n) is 7.90. The summed E-state index contributed by atoms with van der Waals surface area (Å²) in [7, 11) is 6.58. The Morgan fingerprint density at radius 2 is 1.73 bits per heavy atom. The summed E-state index contributed by atoms with van der Waals surface area (Å²) in [6, 6.07) is 6.25. The SMILES string of the molecule is COC(=O)c1ccccc1C(=O)[O][Al][Cl]. The molecule has 0 atom stereocenters. The molecule has 6 heteroatoms. The molecule has 0 fully saturated rings. The van der Waals surface area contributed by atoms with Gasteiger partial charge in [-0.3, -0.25) is 0 Å². The first kappa shape index (κ1) is 12.1. The van der Waals surface area contributed by atoms with Crippen LogP contribution in [0.4, 0.5) is 0 Å². The third-order valence-corrected chi connectivity index (χ3v) is 2.27. The number of ether oxygens (including phenoxy) is 1. The zero-order valence-corrected chi connectivity index (χ0v) is 9.81. The van der Waals surface area contributed by atoms with Gasteiger partial charge in [0.2, 0.25) is 0 Å². The summed E-state index contributed by atoms with van der Waals surface area (Å²) < 4.78 is 9.20. The van der Waals surface area contributed by atoms with E-state index >= 15 is 0 Å². The van der Waals surface area contributed by atoms with Crippen LogP contribution < -0.4 is 0 Å². The van der Waals surface area contributed by atoms with Gasteiger partial charge in [0.25, 0.3) is 0 Å². The summed E-state index contributed by atoms with van der Waals surface area (Å²) in [5, 5.41) is 0. The van der Waals surface area contributed by atoms with E-state index in [9.17, 15) is 9.59 Å². The number of hydrogen-bond donors (Lipinski definition) is 0. The summed E-state index contributed by atoms with van der Waals surface area (Å²) in [6.07, 6.45) is 0. The standard InChI is InChI=1S/C9H8O4.Al.ClH/c1-13-9(12)7-5-3-2-4-6(7)8(10)11;;/h2-5H,1H3,(H,10,11);;1H/q;+2;/p-2. The van der Waals surface area contributed by atoms with Gasteiger partial charge in [0.15, 0.2) is 0 Å². The number of halogens is 1. The van der Waals surface area contributed by atoms with E-state index in [-0.39, 0.29) is 11.1 Å². The molecule has 1 aromatic carbocycles. The van der Waals surface area contributed by atoms with Crippen LogP contribution in [0.1, 0.15) is 20.7 Å². The molecule has 0 aromatic heterocycles. The highest BCUT2D eigenvalue weighted by molar-refractivity contribution is 6.90. The maximum Gasteiger partial charge on any atom is 0.675 e. The van der Waals surface area contributed by atoms with E-state index in [4.69, 9.17) is 10.0 Å². The van der Waals surface area contributed by atoms with Gasteiger partial charge in [0, 0.05) is 0 Å². The molecule has 0 aliphatic carbocycles. The predicted molar refractivity (Wildman–Crippen MR) is 54.8 cm³/mol. The van der Waals surface area contributed by atoms with Crippen molar-refractivity contribution in [1.29, 1.82) is 0 Å². The molecular weight excluding hydrogens is 235 g/mol. The summed E-state index contributed by atoms with van der Waals surface area (Å²) in [5.74, 6) is -1.19. The second kappa shape index (κ2) is 5.76. The maximum absolute atomic E-state index is 11.4. The van der Waals surface area contributed by atoms with Crippen LogP contribution in [0.5, 0.6) is 0 Å². The Morgan fingerprint density at radius 1 is 1.20 bits per heavy atom. The lowest BCUT2D eigenvalue weighted by Gasteiger charge is -2.06. The second-order valence-corrected chi connectivity index (χ2v) is 3.48. The van der Waals surface area contributed by atoms with E-state index in [2.05, 4.69) is 8.53 Å². The first-order valence-electron chi connectivity index (χ1n) is 4.01. The van der Waals surface area contributed by atoms with Crippen LogP contribution >= 0.6 is 10.0 Å². The number of hydrogen-bond acceptors (Lipinski definition) is 4. The molecule has 0 saturated heterocycles. The van der Waals surface area contributed by atoms with Crippen molar-refractivity contribution in [2.75, 3.05) is 7.11 Å². The first-order chi connectivity index (χ1) is 7.20. The van der Waals surface area contributed by atoms with Crippen LogP contribution in [0, 0.1) is 0 Å². The van der Waals surface area contributed by atoms with E-state index in [1.54, 1.807) is 12.1 Å². The van der Waals surface area contributed by atoms with Gasteiger partial charge >= 0.3 is 26.6 Å². The molecule has 15 heavy (non-hydrogen) atoms. The molecular formula is C9H7AlClO4. The summed E-state index contributed by atoms with van der Waals surface area (Å²) in [6.45, 7) is 0. The van der Waals surface area contributed by atoms with Crippen molar-refractivity contribution >= 4 is 36.6 Å². The Morgan fingerprint density at radius 3 is 2.20 bits per heavy atom. The lowest BCUT2D eigenvalue weighted by atomic mass is 10.1. The zero-order chi connectivity index (χ0) is 11.3. The van der Waals surface area contributed by atoms with Gasteiger partial charge in [-0.2, -0.15) is 0 Å². The fourth-order valence-corrected chi connectivity index (χ4v) is 1.50. The summed E-state index contributed by atoms with van der Waals surface area (Å²) >= 11 is -0.914. The molecule has 0 saturated carbocycles. The van der Waals surface area contributed by atoms with Crippen LogP contribution in [-0.2, 0) is 8.53 Å². The molecule has 0 aliphatic rings. The highest BCUT2D eigenvalue weighted by atomic mass is 35.6. The Balaban J connectivity index is 3.06. The fraction of sp³-hybridized carbons (Fsp3) is 0.111. The number of esters is 1. The summed E-state index contributed by atoms with van der Waals surface area (Å²) in [5.41, 5.74) is 0.340. The van der Waals surface area contributed by atoms with Crippen molar-refractivity contribution < 1.29 is 18.1 Å². The molecule has 4 nitrogen and oxygen atoms in total. The summed E-state index contributed by atoms with van der Waals surface area (Å²) in [4.78, 5) is 22.7. The highest BCUT2D eigenvalue weighted by Gasteiger charge is 2.17.